The van der Waals surface area contributed by atoms with Gasteiger partial charge >= 0.3 is 17.9 Å². The Bertz CT molecular complexity index is 2840. The van der Waals surface area contributed by atoms with Crippen LogP contribution in [0.15, 0.2) is 182 Å². The highest BCUT2D eigenvalue weighted by atomic mass is 32.2. The van der Waals surface area contributed by atoms with Crippen LogP contribution in [0.4, 0.5) is 0 Å². The van der Waals surface area contributed by atoms with Crippen molar-refractivity contribution in [2.45, 2.75) is 163 Å². The molecule has 438 valence electrons. The van der Waals surface area contributed by atoms with Crippen molar-refractivity contribution in [3.63, 3.8) is 0 Å². The SMILES string of the molecule is CC(=O)O[C@H]1[C@H](O[C@H]2[C@H](OC(=O)c3ccccc3)[C@@H](OC(=O)c3ccccc3)[C@@H](SC(C3CCCCC3)C3CCCCC3)O[C@@H]2COCc2ccccc2)O[C@H](COCc2ccccc2)[C@@H](OCc2ccccc2)[C@@H]1OCc1ccccc1. The van der Waals surface area contributed by atoms with Crippen molar-refractivity contribution in [3.8, 4) is 0 Å². The lowest BCUT2D eigenvalue weighted by molar-refractivity contribution is -0.349. The van der Waals surface area contributed by atoms with E-state index in [1.54, 1.807) is 60.3 Å². The van der Waals surface area contributed by atoms with Gasteiger partial charge in [-0.2, -0.15) is 0 Å². The fourth-order valence-corrected chi connectivity index (χ4v) is 13.9. The number of benzene rings is 6. The zero-order valence-corrected chi connectivity index (χ0v) is 48.2. The van der Waals surface area contributed by atoms with E-state index in [0.29, 0.717) is 17.4 Å². The Morgan fingerprint density at radius 1 is 0.434 bits per heavy atom. The third-order valence-electron chi connectivity index (χ3n) is 16.2. The lowest BCUT2D eigenvalue weighted by atomic mass is 9.77. The summed E-state index contributed by atoms with van der Waals surface area (Å²) in [5, 5.41) is 0.161. The smallest absolute Gasteiger partial charge is 0.338 e. The summed E-state index contributed by atoms with van der Waals surface area (Å²) in [6, 6.07) is 56.7. The Morgan fingerprint density at radius 2 is 0.831 bits per heavy atom. The Morgan fingerprint density at radius 3 is 1.28 bits per heavy atom. The maximum absolute atomic E-state index is 14.9. The molecule has 4 fully saturated rings. The quantitative estimate of drug-likeness (QED) is 0.0396. The van der Waals surface area contributed by atoms with Crippen molar-refractivity contribution in [3.05, 3.63) is 215 Å². The van der Waals surface area contributed by atoms with Gasteiger partial charge in [0.05, 0.1) is 50.8 Å². The minimum Gasteiger partial charge on any atom is -0.454 e. The summed E-state index contributed by atoms with van der Waals surface area (Å²) < 4.78 is 69.0. The van der Waals surface area contributed by atoms with E-state index in [4.69, 9.17) is 47.4 Å². The van der Waals surface area contributed by atoms with Gasteiger partial charge in [0.1, 0.15) is 36.0 Å². The second-order valence-electron chi connectivity index (χ2n) is 22.2. The number of hydrogen-bond acceptors (Lipinski definition) is 14. The Labute approximate surface area is 492 Å². The molecule has 0 spiro atoms. The van der Waals surface area contributed by atoms with Gasteiger partial charge in [-0.15, -0.1) is 11.8 Å². The van der Waals surface area contributed by atoms with Gasteiger partial charge in [0.15, 0.2) is 24.6 Å². The van der Waals surface area contributed by atoms with Gasteiger partial charge in [-0.05, 0) is 84.0 Å². The number of esters is 3. The molecule has 2 aliphatic carbocycles. The molecule has 14 heteroatoms. The Balaban J connectivity index is 1.08. The summed E-state index contributed by atoms with van der Waals surface area (Å²) in [5.41, 5.74) is 3.40. The molecule has 2 heterocycles. The Kier molecular flexibility index (Phi) is 22.5. The predicted octanol–water partition coefficient (Wildman–Crippen LogP) is 13.1. The van der Waals surface area contributed by atoms with Crippen LogP contribution in [0, 0.1) is 11.8 Å². The van der Waals surface area contributed by atoms with E-state index in [2.05, 4.69) is 0 Å². The summed E-state index contributed by atoms with van der Waals surface area (Å²) in [4.78, 5) is 43.4. The first kappa shape index (κ1) is 59.9. The molecule has 6 aromatic rings. The van der Waals surface area contributed by atoms with Crippen LogP contribution in [0.2, 0.25) is 0 Å². The molecule has 83 heavy (non-hydrogen) atoms. The van der Waals surface area contributed by atoms with Gasteiger partial charge < -0.3 is 47.4 Å². The monoisotopic (exact) mass is 1150 g/mol. The van der Waals surface area contributed by atoms with E-state index >= 15 is 0 Å². The molecule has 0 bridgehead atoms. The van der Waals surface area contributed by atoms with Crippen molar-refractivity contribution in [1.82, 2.24) is 0 Å². The van der Waals surface area contributed by atoms with Gasteiger partial charge in [-0.3, -0.25) is 4.79 Å². The molecule has 10 atom stereocenters. The first-order valence-corrected chi connectivity index (χ1v) is 30.6. The first-order valence-electron chi connectivity index (χ1n) is 29.7. The molecule has 0 N–H and O–H groups in total. The molecule has 4 aliphatic rings. The molecule has 0 unspecified atom stereocenters. The van der Waals surface area contributed by atoms with E-state index in [1.165, 1.54) is 19.8 Å². The summed E-state index contributed by atoms with van der Waals surface area (Å²) in [5.74, 6) is -1.10. The van der Waals surface area contributed by atoms with Crippen LogP contribution in [0.25, 0.3) is 0 Å². The van der Waals surface area contributed by atoms with Crippen molar-refractivity contribution >= 4 is 29.7 Å². The average Bonchev–Trinajstić information content (AvgIpc) is 3.15. The molecule has 10 rings (SSSR count). The standard InChI is InChI=1S/C69H78O13S/c1-48(70)77-63-61(76-45-52-32-16-5-17-33-52)59(75-44-51-30-14-4-15-31-51)57(46-73-42-49-26-10-2-11-27-49)78-68(63)82-60-58(47-74-43-50-28-12-3-13-29-50)79-69(83-65(53-34-18-6-19-35-53)54-36-20-7-21-37-54)64(81-67(72)56-40-24-9-25-41-56)62(60)80-66(71)55-38-22-8-23-39-55/h2-5,8-17,22-33,38-41,53-54,57-65,68-69H,6-7,18-21,34-37,42-47H2,1H3/t57-,58-,59-,60-,61+,62+,63-,64-,68+,69-/m1/s1. The zero-order valence-electron chi connectivity index (χ0n) is 47.4. The second-order valence-corrected chi connectivity index (χ2v) is 23.4. The third kappa shape index (κ3) is 17.0. The van der Waals surface area contributed by atoms with E-state index in [9.17, 15) is 14.4 Å². The largest absolute Gasteiger partial charge is 0.454 e. The van der Waals surface area contributed by atoms with Gasteiger partial charge in [0.2, 0.25) is 0 Å². The molecular formula is C69H78O13S. The highest BCUT2D eigenvalue weighted by Crippen LogP contribution is 2.47. The molecule has 0 radical (unpaired) electrons. The maximum Gasteiger partial charge on any atom is 0.338 e. The summed E-state index contributed by atoms with van der Waals surface area (Å²) in [6.45, 7) is 2.04. The van der Waals surface area contributed by atoms with Crippen LogP contribution in [0.3, 0.4) is 0 Å². The number of thioether (sulfide) groups is 1. The minimum atomic E-state index is -1.45. The van der Waals surface area contributed by atoms with Gasteiger partial charge in [-0.25, -0.2) is 9.59 Å². The lowest BCUT2D eigenvalue weighted by Crippen LogP contribution is -2.66. The number of carbonyl (C=O) groups excluding carboxylic acids is 3. The molecular weight excluding hydrogens is 1070 g/mol. The summed E-state index contributed by atoms with van der Waals surface area (Å²) in [7, 11) is 0. The average molecular weight is 1150 g/mol. The maximum atomic E-state index is 14.9. The third-order valence-corrected chi connectivity index (χ3v) is 17.9. The van der Waals surface area contributed by atoms with E-state index in [-0.39, 0.29) is 50.5 Å². The van der Waals surface area contributed by atoms with Crippen LogP contribution in [-0.4, -0.2) is 96.9 Å². The Hall–Kier alpha value is -6.20. The van der Waals surface area contributed by atoms with Gasteiger partial charge in [0.25, 0.3) is 0 Å². The van der Waals surface area contributed by atoms with Crippen molar-refractivity contribution in [1.29, 1.82) is 0 Å². The number of hydrogen-bond donors (Lipinski definition) is 0. The predicted molar refractivity (Wildman–Crippen MR) is 316 cm³/mol. The normalized spacial score (nSPS) is 25.1. The molecule has 6 aromatic carbocycles. The van der Waals surface area contributed by atoms with E-state index in [1.807, 2.05) is 133 Å². The van der Waals surface area contributed by atoms with Crippen LogP contribution < -0.4 is 0 Å². The number of rotatable bonds is 25. The second kappa shape index (κ2) is 31.1. The van der Waals surface area contributed by atoms with Gasteiger partial charge in [0, 0.05) is 12.2 Å². The molecule has 13 nitrogen and oxygen atoms in total. The molecule has 0 aromatic heterocycles. The van der Waals surface area contributed by atoms with E-state index in [0.717, 1.165) is 73.6 Å². The molecule has 2 saturated carbocycles. The summed E-state index contributed by atoms with van der Waals surface area (Å²) >= 11 is 1.70. The fraction of sp³-hybridized carbons (Fsp3) is 0.435. The summed E-state index contributed by atoms with van der Waals surface area (Å²) in [6.07, 6.45) is 0.907. The van der Waals surface area contributed by atoms with Crippen LogP contribution >= 0.6 is 11.8 Å². The zero-order chi connectivity index (χ0) is 57.0. The van der Waals surface area contributed by atoms with Gasteiger partial charge in [-0.1, -0.05) is 196 Å². The highest BCUT2D eigenvalue weighted by Gasteiger charge is 2.57. The van der Waals surface area contributed by atoms with Crippen molar-refractivity contribution in [2.24, 2.45) is 11.8 Å². The molecule has 0 amide bonds. The number of carbonyl (C=O) groups is 3. The fourth-order valence-electron chi connectivity index (χ4n) is 12.0. The molecule has 2 aliphatic heterocycles. The molecule has 2 saturated heterocycles. The lowest BCUT2D eigenvalue weighted by Gasteiger charge is -2.50. The topological polar surface area (TPSA) is 144 Å². The van der Waals surface area contributed by atoms with Crippen LogP contribution in [0.5, 0.6) is 0 Å². The van der Waals surface area contributed by atoms with Crippen molar-refractivity contribution in [2.75, 3.05) is 13.2 Å². The highest BCUT2D eigenvalue weighted by molar-refractivity contribution is 8.00. The van der Waals surface area contributed by atoms with E-state index < -0.39 is 78.5 Å². The van der Waals surface area contributed by atoms with Crippen LogP contribution in [-0.2, 0) is 78.6 Å². The van der Waals surface area contributed by atoms with Crippen LogP contribution in [0.1, 0.15) is 114 Å². The first-order chi connectivity index (χ1) is 40.8. The van der Waals surface area contributed by atoms with Crippen molar-refractivity contribution < 1.29 is 61.8 Å². The number of ether oxygens (including phenoxy) is 10. The minimum absolute atomic E-state index is 0.00313.